The van der Waals surface area contributed by atoms with Gasteiger partial charge in [0.15, 0.2) is 4.98 Å². The lowest BCUT2D eigenvalue weighted by Crippen LogP contribution is -2.03. The molecule has 0 saturated heterocycles. The summed E-state index contributed by atoms with van der Waals surface area (Å²) >= 11 is 0. The zero-order valence-corrected chi connectivity index (χ0v) is 8.85. The SMILES string of the molecule is N#[N+]c1cccc2c1CCc1ccccc1-2. The van der Waals surface area contributed by atoms with Gasteiger partial charge in [0, 0.05) is 6.07 Å². The van der Waals surface area contributed by atoms with Crippen molar-refractivity contribution in [2.24, 2.45) is 0 Å². The van der Waals surface area contributed by atoms with Crippen molar-refractivity contribution in [1.29, 1.82) is 5.39 Å². The lowest BCUT2D eigenvalue weighted by atomic mass is 9.85. The van der Waals surface area contributed by atoms with Crippen molar-refractivity contribution in [3.05, 3.63) is 58.6 Å². The number of nitrogens with zero attached hydrogens (tertiary/aromatic N) is 2. The molecule has 0 bridgehead atoms. The highest BCUT2D eigenvalue weighted by molar-refractivity contribution is 5.78. The van der Waals surface area contributed by atoms with E-state index in [0.717, 1.165) is 18.4 Å². The lowest BCUT2D eigenvalue weighted by Gasteiger charge is -2.17. The monoisotopic (exact) mass is 207 g/mol. The Bertz CT molecular complexity index is 594. The number of hydrogen-bond donors (Lipinski definition) is 0. The fourth-order valence-electron chi connectivity index (χ4n) is 2.44. The molecule has 2 heteroatoms. The van der Waals surface area contributed by atoms with E-state index in [-0.39, 0.29) is 0 Å². The van der Waals surface area contributed by atoms with Crippen molar-refractivity contribution in [3.63, 3.8) is 0 Å². The molecule has 0 atom stereocenters. The van der Waals surface area contributed by atoms with Gasteiger partial charge in [0.1, 0.15) is 0 Å². The average molecular weight is 207 g/mol. The van der Waals surface area contributed by atoms with Crippen LogP contribution in [0, 0.1) is 5.39 Å². The first-order chi connectivity index (χ1) is 7.90. The summed E-state index contributed by atoms with van der Waals surface area (Å²) in [5.41, 5.74) is 5.71. The van der Waals surface area contributed by atoms with Crippen LogP contribution in [0.4, 0.5) is 5.69 Å². The minimum absolute atomic E-state index is 0.701. The third-order valence-electron chi connectivity index (χ3n) is 3.21. The Morgan fingerprint density at radius 3 is 2.56 bits per heavy atom. The molecule has 16 heavy (non-hydrogen) atoms. The van der Waals surface area contributed by atoms with Gasteiger partial charge in [-0.2, -0.15) is 0 Å². The molecule has 0 fully saturated rings. The molecule has 0 unspecified atom stereocenters. The van der Waals surface area contributed by atoms with Crippen molar-refractivity contribution in [2.75, 3.05) is 0 Å². The second-order valence-corrected chi connectivity index (χ2v) is 4.06. The normalized spacial score (nSPS) is 12.4. The molecule has 2 aromatic rings. The molecule has 0 N–H and O–H groups in total. The highest BCUT2D eigenvalue weighted by atomic mass is 14.8. The van der Waals surface area contributed by atoms with Gasteiger partial charge in [0.05, 0.1) is 5.56 Å². The molecule has 2 aromatic carbocycles. The van der Waals surface area contributed by atoms with Crippen LogP contribution in [0.3, 0.4) is 0 Å². The molecule has 0 radical (unpaired) electrons. The maximum atomic E-state index is 8.97. The third kappa shape index (κ3) is 1.22. The maximum Gasteiger partial charge on any atom is 0.388 e. The molecule has 0 saturated carbocycles. The quantitative estimate of drug-likeness (QED) is 0.601. The average Bonchev–Trinajstić information content (AvgIpc) is 2.37. The topological polar surface area (TPSA) is 28.1 Å². The summed E-state index contributed by atoms with van der Waals surface area (Å²) in [4.78, 5) is 3.36. The second-order valence-electron chi connectivity index (χ2n) is 4.06. The first-order valence-corrected chi connectivity index (χ1v) is 5.45. The van der Waals surface area contributed by atoms with Crippen LogP contribution in [0.1, 0.15) is 11.1 Å². The Hall–Kier alpha value is -2.14. The van der Waals surface area contributed by atoms with Crippen LogP contribution >= 0.6 is 0 Å². The molecule has 0 aliphatic heterocycles. The van der Waals surface area contributed by atoms with Gasteiger partial charge in [0.2, 0.25) is 5.39 Å². The van der Waals surface area contributed by atoms with Gasteiger partial charge in [0.25, 0.3) is 0 Å². The van der Waals surface area contributed by atoms with Crippen molar-refractivity contribution in [2.45, 2.75) is 12.8 Å². The van der Waals surface area contributed by atoms with Crippen LogP contribution in [-0.4, -0.2) is 0 Å². The number of fused-ring (bicyclic) bond motifs is 3. The predicted molar refractivity (Wildman–Crippen MR) is 64.0 cm³/mol. The van der Waals surface area contributed by atoms with Crippen molar-refractivity contribution in [3.8, 4) is 11.1 Å². The number of rotatable bonds is 0. The van der Waals surface area contributed by atoms with Gasteiger partial charge in [-0.1, -0.05) is 36.4 Å². The highest BCUT2D eigenvalue weighted by Gasteiger charge is 2.23. The van der Waals surface area contributed by atoms with Crippen LogP contribution in [0.5, 0.6) is 0 Å². The van der Waals surface area contributed by atoms with E-state index in [9.17, 15) is 0 Å². The first-order valence-electron chi connectivity index (χ1n) is 5.45. The largest absolute Gasteiger partial charge is 0.388 e. The van der Waals surface area contributed by atoms with Crippen LogP contribution < -0.4 is 0 Å². The molecule has 1 aliphatic rings. The van der Waals surface area contributed by atoms with Crippen molar-refractivity contribution >= 4 is 5.69 Å². The van der Waals surface area contributed by atoms with Crippen LogP contribution in [0.2, 0.25) is 0 Å². The fraction of sp³-hybridized carbons (Fsp3) is 0.143. The van der Waals surface area contributed by atoms with Crippen molar-refractivity contribution < 1.29 is 0 Å². The van der Waals surface area contributed by atoms with Gasteiger partial charge >= 0.3 is 5.69 Å². The molecule has 76 valence electrons. The fourth-order valence-corrected chi connectivity index (χ4v) is 2.44. The Morgan fingerprint density at radius 2 is 1.69 bits per heavy atom. The van der Waals surface area contributed by atoms with Gasteiger partial charge in [-0.3, -0.25) is 0 Å². The molecule has 0 spiro atoms. The summed E-state index contributed by atoms with van der Waals surface area (Å²) in [5, 5.41) is 8.97. The number of aryl methyl sites for hydroxylation is 1. The van der Waals surface area contributed by atoms with Gasteiger partial charge in [-0.15, -0.1) is 0 Å². The molecule has 1 aliphatic carbocycles. The summed E-state index contributed by atoms with van der Waals surface area (Å²) in [5.74, 6) is 0. The molecule has 2 nitrogen and oxygen atoms in total. The number of diazo groups is 1. The maximum absolute atomic E-state index is 8.97. The summed E-state index contributed by atoms with van der Waals surface area (Å²) in [7, 11) is 0. The van der Waals surface area contributed by atoms with E-state index in [4.69, 9.17) is 5.39 Å². The van der Waals surface area contributed by atoms with E-state index in [1.165, 1.54) is 16.7 Å². The highest BCUT2D eigenvalue weighted by Crippen LogP contribution is 2.37. The van der Waals surface area contributed by atoms with E-state index in [1.54, 1.807) is 0 Å². The van der Waals surface area contributed by atoms with E-state index >= 15 is 0 Å². The minimum atomic E-state index is 0.701. The van der Waals surface area contributed by atoms with Gasteiger partial charge in [-0.25, -0.2) is 0 Å². The molecule has 0 amide bonds. The summed E-state index contributed by atoms with van der Waals surface area (Å²) in [6.07, 6.45) is 1.97. The molecule has 0 heterocycles. The van der Waals surface area contributed by atoms with E-state index < -0.39 is 0 Å². The number of hydrogen-bond acceptors (Lipinski definition) is 1. The van der Waals surface area contributed by atoms with Crippen LogP contribution in [-0.2, 0) is 12.8 Å². The zero-order chi connectivity index (χ0) is 11.0. The van der Waals surface area contributed by atoms with Crippen LogP contribution in [0.25, 0.3) is 16.1 Å². The standard InChI is InChI=1S/C14H11N2/c15-16-14-7-3-6-12-11-5-2-1-4-10(11)8-9-13(12)14/h1-7H,8-9H2/q+1. The van der Waals surface area contributed by atoms with Crippen LogP contribution in [0.15, 0.2) is 42.5 Å². The van der Waals surface area contributed by atoms with Crippen molar-refractivity contribution in [1.82, 2.24) is 0 Å². The van der Waals surface area contributed by atoms with E-state index in [1.807, 2.05) is 12.1 Å². The molecule has 0 aromatic heterocycles. The summed E-state index contributed by atoms with van der Waals surface area (Å²) in [6, 6.07) is 14.3. The lowest BCUT2D eigenvalue weighted by molar-refractivity contribution is 0.945. The number of benzene rings is 2. The predicted octanol–water partition coefficient (Wildman–Crippen LogP) is 3.94. The Balaban J connectivity index is 2.30. The molecular weight excluding hydrogens is 196 g/mol. The molecular formula is C14H11N2+. The second kappa shape index (κ2) is 3.46. The van der Waals surface area contributed by atoms with Gasteiger partial charge < -0.3 is 0 Å². The Kier molecular flexibility index (Phi) is 1.97. The first kappa shape index (κ1) is 9.11. The third-order valence-corrected chi connectivity index (χ3v) is 3.21. The van der Waals surface area contributed by atoms with Gasteiger partial charge in [-0.05, 0) is 29.5 Å². The van der Waals surface area contributed by atoms with E-state index in [2.05, 4.69) is 35.3 Å². The summed E-state index contributed by atoms with van der Waals surface area (Å²) < 4.78 is 0. The smallest absolute Gasteiger partial charge is 0.0620 e. The molecule has 3 rings (SSSR count). The Labute approximate surface area is 94.2 Å². The Morgan fingerprint density at radius 1 is 0.875 bits per heavy atom. The summed E-state index contributed by atoms with van der Waals surface area (Å²) in [6.45, 7) is 0. The zero-order valence-electron chi connectivity index (χ0n) is 8.85. The van der Waals surface area contributed by atoms with E-state index in [0.29, 0.717) is 5.69 Å². The minimum Gasteiger partial charge on any atom is -0.0620 e.